The Balaban J connectivity index is 1.38. The van der Waals surface area contributed by atoms with E-state index in [0.717, 1.165) is 46.4 Å². The van der Waals surface area contributed by atoms with Gasteiger partial charge in [-0.05, 0) is 48.4 Å². The summed E-state index contributed by atoms with van der Waals surface area (Å²) in [6, 6.07) is 8.78. The number of aromatic nitrogens is 7. The van der Waals surface area contributed by atoms with Crippen molar-refractivity contribution in [3.8, 4) is 22.5 Å². The van der Waals surface area contributed by atoms with Crippen LogP contribution in [0.25, 0.3) is 22.5 Å². The Kier molecular flexibility index (Phi) is 5.78. The number of nitrogens with one attached hydrogen (secondary N) is 3. The van der Waals surface area contributed by atoms with Gasteiger partial charge >= 0.3 is 6.18 Å². The van der Waals surface area contributed by atoms with Crippen molar-refractivity contribution in [2.75, 3.05) is 17.2 Å². The fourth-order valence-electron chi connectivity index (χ4n) is 4.38. The minimum atomic E-state index is -4.58. The number of rotatable bonds is 4. The van der Waals surface area contributed by atoms with Crippen LogP contribution in [0.5, 0.6) is 0 Å². The summed E-state index contributed by atoms with van der Waals surface area (Å²) in [4.78, 5) is 33.7. The first-order chi connectivity index (χ1) is 18.8. The molecule has 0 spiro atoms. The monoisotopic (exact) mass is 532 g/mol. The first-order valence-corrected chi connectivity index (χ1v) is 11.8. The predicted molar refractivity (Wildman–Crippen MR) is 134 cm³/mol. The Labute approximate surface area is 218 Å². The molecule has 0 atom stereocenters. The van der Waals surface area contributed by atoms with Crippen LogP contribution in [0, 0.1) is 6.92 Å². The van der Waals surface area contributed by atoms with E-state index in [1.54, 1.807) is 18.3 Å². The number of halogens is 3. The van der Waals surface area contributed by atoms with E-state index in [1.807, 2.05) is 23.6 Å². The number of hydrogen-bond donors (Lipinski definition) is 3. The Hall–Kier alpha value is -5.14. The maximum Gasteiger partial charge on any atom is 0.416 e. The molecule has 0 fully saturated rings. The van der Waals surface area contributed by atoms with Crippen molar-refractivity contribution >= 4 is 23.4 Å². The van der Waals surface area contributed by atoms with Gasteiger partial charge in [-0.2, -0.15) is 33.2 Å². The van der Waals surface area contributed by atoms with Crippen LogP contribution in [-0.4, -0.2) is 47.2 Å². The van der Waals surface area contributed by atoms with Crippen LogP contribution in [0.4, 0.5) is 30.6 Å². The van der Waals surface area contributed by atoms with E-state index < -0.39 is 17.6 Å². The van der Waals surface area contributed by atoms with Gasteiger partial charge in [0.1, 0.15) is 23.7 Å². The molecule has 1 aromatic carbocycles. The van der Waals surface area contributed by atoms with Crippen LogP contribution in [0.1, 0.15) is 21.6 Å². The zero-order chi connectivity index (χ0) is 27.1. The SMILES string of the molecule is Cc1ccc(NC(=O)c2cc(C(F)(F)F)ccn2)cc1-c1cc2cn/c(=N/c3ncn[nH]3)nc-2n2c1NCC2. The van der Waals surface area contributed by atoms with Gasteiger partial charge in [-0.1, -0.05) is 6.07 Å². The second-order valence-corrected chi connectivity index (χ2v) is 8.77. The summed E-state index contributed by atoms with van der Waals surface area (Å²) in [5, 5.41) is 12.5. The molecule has 11 nitrogen and oxygen atoms in total. The van der Waals surface area contributed by atoms with Crippen LogP contribution in [-0.2, 0) is 12.7 Å². The highest BCUT2D eigenvalue weighted by atomic mass is 19.4. The van der Waals surface area contributed by atoms with Crippen molar-refractivity contribution in [1.82, 2.24) is 34.7 Å². The van der Waals surface area contributed by atoms with E-state index in [1.165, 1.54) is 6.33 Å². The second kappa shape index (κ2) is 9.31. The van der Waals surface area contributed by atoms with Crippen molar-refractivity contribution < 1.29 is 18.0 Å². The molecule has 39 heavy (non-hydrogen) atoms. The molecule has 0 bridgehead atoms. The smallest absolute Gasteiger partial charge is 0.369 e. The molecule has 3 aliphatic rings. The number of anilines is 2. The Morgan fingerprint density at radius 3 is 2.77 bits per heavy atom. The highest BCUT2D eigenvalue weighted by molar-refractivity contribution is 6.03. The molecule has 0 unspecified atom stereocenters. The summed E-state index contributed by atoms with van der Waals surface area (Å²) >= 11 is 0. The van der Waals surface area contributed by atoms with E-state index in [4.69, 9.17) is 0 Å². The largest absolute Gasteiger partial charge is 0.416 e. The van der Waals surface area contributed by atoms with Crippen molar-refractivity contribution in [2.24, 2.45) is 4.99 Å². The first kappa shape index (κ1) is 24.2. The third-order valence-electron chi connectivity index (χ3n) is 6.21. The lowest BCUT2D eigenvalue weighted by Gasteiger charge is -2.19. The maximum atomic E-state index is 13.1. The van der Waals surface area contributed by atoms with Crippen LogP contribution >= 0.6 is 0 Å². The number of H-pyrrole nitrogens is 1. The van der Waals surface area contributed by atoms with Crippen molar-refractivity contribution in [2.45, 2.75) is 19.6 Å². The summed E-state index contributed by atoms with van der Waals surface area (Å²) in [7, 11) is 0. The molecular weight excluding hydrogens is 513 g/mol. The number of nitrogens with zero attached hydrogens (tertiary/aromatic N) is 7. The fraction of sp³-hybridized carbons (Fsp3) is 0.160. The highest BCUT2D eigenvalue weighted by Crippen LogP contribution is 2.39. The van der Waals surface area contributed by atoms with Gasteiger partial charge in [-0.15, -0.1) is 0 Å². The number of pyridine rings is 2. The molecule has 0 radical (unpaired) electrons. The molecular formula is C25H19F3N10O. The van der Waals surface area contributed by atoms with E-state index in [2.05, 4.69) is 45.8 Å². The standard InChI is InChI=1S/C25H19F3N10O/c1-13-2-3-16(34-22(39)19-9-15(4-5-29-19)25(26,27)28)10-17(13)18-8-14-11-31-23(36-24-32-12-33-37-24)35-20(14)38-7-6-30-21(18)38/h2-5,8-12,30H,6-7H2,1H3,(H,34,39)(H,32,33,37)/b36-23-. The lowest BCUT2D eigenvalue weighted by atomic mass is 9.98. The van der Waals surface area contributed by atoms with Gasteiger partial charge in [-0.3, -0.25) is 9.78 Å². The number of fused-ring (bicyclic) bond motifs is 3. The van der Waals surface area contributed by atoms with Gasteiger partial charge in [0.15, 0.2) is 0 Å². The summed E-state index contributed by atoms with van der Waals surface area (Å²) in [6.45, 7) is 3.28. The number of aromatic amines is 1. The van der Waals surface area contributed by atoms with E-state index in [9.17, 15) is 18.0 Å². The zero-order valence-electron chi connectivity index (χ0n) is 20.3. The molecule has 0 saturated heterocycles. The van der Waals surface area contributed by atoms with Crippen molar-refractivity contribution in [1.29, 1.82) is 0 Å². The average molecular weight is 532 g/mol. The number of hydrogen-bond acceptors (Lipinski definition) is 8. The zero-order valence-corrected chi connectivity index (χ0v) is 20.3. The van der Waals surface area contributed by atoms with Gasteiger partial charge in [0.05, 0.1) is 5.56 Å². The Bertz CT molecular complexity index is 1740. The molecule has 3 N–H and O–H groups in total. The summed E-state index contributed by atoms with van der Waals surface area (Å²) in [5.74, 6) is 1.06. The first-order valence-electron chi connectivity index (χ1n) is 11.8. The quantitative estimate of drug-likeness (QED) is 0.320. The molecule has 0 aliphatic carbocycles. The molecule has 1 amide bonds. The minimum Gasteiger partial charge on any atom is -0.369 e. The number of carbonyl (C=O) groups is 1. The third-order valence-corrected chi connectivity index (χ3v) is 6.21. The molecule has 6 rings (SSSR count). The van der Waals surface area contributed by atoms with E-state index in [0.29, 0.717) is 30.5 Å². The highest BCUT2D eigenvalue weighted by Gasteiger charge is 2.31. The molecule has 196 valence electrons. The summed E-state index contributed by atoms with van der Waals surface area (Å²) in [6.07, 6.45) is -0.596. The normalized spacial score (nSPS) is 13.4. The van der Waals surface area contributed by atoms with Crippen molar-refractivity contribution in [3.63, 3.8) is 0 Å². The van der Waals surface area contributed by atoms with Crippen LogP contribution in [0.3, 0.4) is 0 Å². The third kappa shape index (κ3) is 4.67. The molecule has 2 aromatic heterocycles. The van der Waals surface area contributed by atoms with Crippen LogP contribution < -0.4 is 16.3 Å². The Morgan fingerprint density at radius 2 is 1.97 bits per heavy atom. The number of amides is 1. The molecule has 3 aromatic rings. The van der Waals surface area contributed by atoms with E-state index in [-0.39, 0.29) is 11.3 Å². The van der Waals surface area contributed by atoms with Gasteiger partial charge in [0.25, 0.3) is 11.5 Å². The summed E-state index contributed by atoms with van der Waals surface area (Å²) in [5.41, 5.74) is 2.75. The van der Waals surface area contributed by atoms with Crippen LogP contribution in [0.15, 0.2) is 60.1 Å². The topological polar surface area (TPSA) is 139 Å². The van der Waals surface area contributed by atoms with Crippen molar-refractivity contribution in [3.05, 3.63) is 77.6 Å². The van der Waals surface area contributed by atoms with E-state index >= 15 is 0 Å². The van der Waals surface area contributed by atoms with Gasteiger partial charge in [0, 0.05) is 42.3 Å². The van der Waals surface area contributed by atoms with Gasteiger partial charge < -0.3 is 15.2 Å². The molecule has 0 saturated carbocycles. The number of benzene rings is 1. The molecule has 3 aliphatic heterocycles. The number of aryl methyl sites for hydroxylation is 1. The number of alkyl halides is 3. The van der Waals surface area contributed by atoms with Gasteiger partial charge in [-0.25, -0.2) is 10.1 Å². The lowest BCUT2D eigenvalue weighted by molar-refractivity contribution is -0.137. The van der Waals surface area contributed by atoms with Crippen LogP contribution in [0.2, 0.25) is 0 Å². The maximum absolute atomic E-state index is 13.1. The molecule has 5 heterocycles. The fourth-order valence-corrected chi connectivity index (χ4v) is 4.38. The predicted octanol–water partition coefficient (Wildman–Crippen LogP) is 3.80. The van der Waals surface area contributed by atoms with Gasteiger partial charge in [0.2, 0.25) is 5.95 Å². The second-order valence-electron chi connectivity index (χ2n) is 8.77. The molecule has 14 heteroatoms. The average Bonchev–Trinajstić information content (AvgIpc) is 3.62. The summed E-state index contributed by atoms with van der Waals surface area (Å²) < 4.78 is 41.3. The number of carbonyl (C=O) groups excluding carboxylic acids is 1. The lowest BCUT2D eigenvalue weighted by Crippen LogP contribution is -2.17. The minimum absolute atomic E-state index is 0.234. The Morgan fingerprint density at radius 1 is 1.10 bits per heavy atom.